The van der Waals surface area contributed by atoms with Gasteiger partial charge in [-0.2, -0.15) is 0 Å². The van der Waals surface area contributed by atoms with Gasteiger partial charge >= 0.3 is 0 Å². The van der Waals surface area contributed by atoms with Crippen LogP contribution >= 0.6 is 15.9 Å². The van der Waals surface area contributed by atoms with Crippen molar-refractivity contribution in [3.05, 3.63) is 58.1 Å². The molecule has 2 aromatic carbocycles. The highest BCUT2D eigenvalue weighted by Gasteiger charge is 2.15. The monoisotopic (exact) mass is 361 g/mol. The summed E-state index contributed by atoms with van der Waals surface area (Å²) in [5.74, 6) is 1.65. The zero-order valence-corrected chi connectivity index (χ0v) is 14.2. The van der Waals surface area contributed by atoms with E-state index in [9.17, 15) is 0 Å². The largest absolute Gasteiger partial charge is 0.490 e. The van der Waals surface area contributed by atoms with E-state index < -0.39 is 0 Å². The maximum Gasteiger partial charge on any atom is 0.175 e. The van der Waals surface area contributed by atoms with Crippen molar-refractivity contribution in [3.63, 3.8) is 0 Å². The van der Waals surface area contributed by atoms with Gasteiger partial charge in [0, 0.05) is 19.0 Å². The van der Waals surface area contributed by atoms with Crippen molar-refractivity contribution in [2.75, 3.05) is 13.2 Å². The van der Waals surface area contributed by atoms with E-state index >= 15 is 0 Å². The van der Waals surface area contributed by atoms with Crippen molar-refractivity contribution in [2.24, 2.45) is 0 Å². The van der Waals surface area contributed by atoms with Gasteiger partial charge in [0.1, 0.15) is 0 Å². The second-order valence-electron chi connectivity index (χ2n) is 5.47. The first-order chi connectivity index (χ1) is 10.7. The fourth-order valence-electron chi connectivity index (χ4n) is 2.52. The molecule has 0 amide bonds. The Balaban J connectivity index is 1.70. The molecule has 0 aliphatic carbocycles. The number of ether oxygens (including phenoxy) is 2. The fourth-order valence-corrected chi connectivity index (χ4v) is 3.12. The summed E-state index contributed by atoms with van der Waals surface area (Å²) in [6, 6.07) is 14.9. The zero-order chi connectivity index (χ0) is 15.4. The molecule has 3 rings (SSSR count). The standard InChI is InChI=1S/C18H20BrNO2/c1-13(15-6-3-2-4-7-15)20-12-14-10-16(19)18-17(11-14)21-8-5-9-22-18/h2-4,6-7,10-11,13,20H,5,8-9,12H2,1H3. The summed E-state index contributed by atoms with van der Waals surface area (Å²) < 4.78 is 12.5. The van der Waals surface area contributed by atoms with Gasteiger partial charge in [0.15, 0.2) is 11.5 Å². The first-order valence-electron chi connectivity index (χ1n) is 7.60. The normalized spacial score (nSPS) is 15.2. The summed E-state index contributed by atoms with van der Waals surface area (Å²) in [4.78, 5) is 0. The van der Waals surface area contributed by atoms with Crippen molar-refractivity contribution in [3.8, 4) is 11.5 Å². The number of hydrogen-bond donors (Lipinski definition) is 1. The van der Waals surface area contributed by atoms with Crippen LogP contribution in [0.25, 0.3) is 0 Å². The first-order valence-corrected chi connectivity index (χ1v) is 8.39. The van der Waals surface area contributed by atoms with Crippen LogP contribution in [0, 0.1) is 0 Å². The topological polar surface area (TPSA) is 30.5 Å². The van der Waals surface area contributed by atoms with Crippen LogP contribution in [0.3, 0.4) is 0 Å². The maximum absolute atomic E-state index is 5.78. The Bertz CT molecular complexity index is 630. The molecule has 1 aliphatic rings. The number of rotatable bonds is 4. The molecule has 3 nitrogen and oxygen atoms in total. The highest BCUT2D eigenvalue weighted by molar-refractivity contribution is 9.10. The van der Waals surface area contributed by atoms with E-state index in [1.165, 1.54) is 11.1 Å². The average molecular weight is 362 g/mol. The summed E-state index contributed by atoms with van der Waals surface area (Å²) in [6.45, 7) is 4.36. The van der Waals surface area contributed by atoms with Crippen LogP contribution in [-0.4, -0.2) is 13.2 Å². The molecule has 1 atom stereocenters. The summed E-state index contributed by atoms with van der Waals surface area (Å²) >= 11 is 3.59. The highest BCUT2D eigenvalue weighted by Crippen LogP contribution is 2.38. The third-order valence-electron chi connectivity index (χ3n) is 3.77. The molecule has 4 heteroatoms. The smallest absolute Gasteiger partial charge is 0.175 e. The fraction of sp³-hybridized carbons (Fsp3) is 0.333. The second-order valence-corrected chi connectivity index (χ2v) is 6.32. The van der Waals surface area contributed by atoms with Gasteiger partial charge in [-0.15, -0.1) is 0 Å². The van der Waals surface area contributed by atoms with Crippen LogP contribution in [0.2, 0.25) is 0 Å². The maximum atomic E-state index is 5.78. The second kappa shape index (κ2) is 7.16. The number of nitrogens with one attached hydrogen (secondary N) is 1. The number of fused-ring (bicyclic) bond motifs is 1. The van der Waals surface area contributed by atoms with Gasteiger partial charge in [0.25, 0.3) is 0 Å². The molecule has 0 radical (unpaired) electrons. The van der Waals surface area contributed by atoms with Gasteiger partial charge < -0.3 is 14.8 Å². The third-order valence-corrected chi connectivity index (χ3v) is 4.36. The van der Waals surface area contributed by atoms with Crippen LogP contribution in [0.1, 0.15) is 30.5 Å². The van der Waals surface area contributed by atoms with Crippen molar-refractivity contribution >= 4 is 15.9 Å². The number of halogens is 1. The van der Waals surface area contributed by atoms with Gasteiger partial charge in [0.2, 0.25) is 0 Å². The molecular weight excluding hydrogens is 342 g/mol. The predicted octanol–water partition coefficient (Wildman–Crippen LogP) is 4.46. The average Bonchev–Trinajstić information content (AvgIpc) is 2.79. The quantitative estimate of drug-likeness (QED) is 0.871. The summed E-state index contributed by atoms with van der Waals surface area (Å²) in [6.07, 6.45) is 0.916. The zero-order valence-electron chi connectivity index (χ0n) is 12.6. The summed E-state index contributed by atoms with van der Waals surface area (Å²) in [5.41, 5.74) is 2.47. The Morgan fingerprint density at radius 3 is 2.73 bits per heavy atom. The Kier molecular flexibility index (Phi) is 5.01. The predicted molar refractivity (Wildman–Crippen MR) is 91.4 cm³/mol. The lowest BCUT2D eigenvalue weighted by Crippen LogP contribution is -2.18. The molecule has 0 aromatic heterocycles. The minimum absolute atomic E-state index is 0.302. The molecule has 1 heterocycles. The van der Waals surface area contributed by atoms with Crippen molar-refractivity contribution in [1.29, 1.82) is 0 Å². The highest BCUT2D eigenvalue weighted by atomic mass is 79.9. The molecule has 0 saturated carbocycles. The third kappa shape index (κ3) is 3.62. The van der Waals surface area contributed by atoms with Crippen molar-refractivity contribution in [2.45, 2.75) is 25.9 Å². The molecular formula is C18H20BrNO2. The van der Waals surface area contributed by atoms with Crippen LogP contribution in [0.5, 0.6) is 11.5 Å². The number of benzene rings is 2. The lowest BCUT2D eigenvalue weighted by atomic mass is 10.1. The molecule has 1 unspecified atom stereocenters. The molecule has 116 valence electrons. The lowest BCUT2D eigenvalue weighted by molar-refractivity contribution is 0.296. The molecule has 1 aliphatic heterocycles. The van der Waals surface area contributed by atoms with Gasteiger partial charge in [0.05, 0.1) is 17.7 Å². The molecule has 2 aromatic rings. The summed E-state index contributed by atoms with van der Waals surface area (Å²) in [7, 11) is 0. The minimum Gasteiger partial charge on any atom is -0.490 e. The molecule has 1 N–H and O–H groups in total. The Morgan fingerprint density at radius 1 is 1.14 bits per heavy atom. The van der Waals surface area contributed by atoms with Crippen LogP contribution < -0.4 is 14.8 Å². The molecule has 0 spiro atoms. The van der Waals surface area contributed by atoms with E-state index in [0.29, 0.717) is 19.3 Å². The van der Waals surface area contributed by atoms with Crippen LogP contribution in [0.4, 0.5) is 0 Å². The van der Waals surface area contributed by atoms with Gasteiger partial charge in [-0.25, -0.2) is 0 Å². The van der Waals surface area contributed by atoms with E-state index in [0.717, 1.165) is 28.9 Å². The van der Waals surface area contributed by atoms with E-state index in [4.69, 9.17) is 9.47 Å². The van der Waals surface area contributed by atoms with Gasteiger partial charge in [-0.05, 0) is 46.1 Å². The first kappa shape index (κ1) is 15.4. The van der Waals surface area contributed by atoms with Gasteiger partial charge in [-0.3, -0.25) is 0 Å². The van der Waals surface area contributed by atoms with E-state index in [1.807, 2.05) is 6.07 Å². The van der Waals surface area contributed by atoms with E-state index in [-0.39, 0.29) is 0 Å². The molecule has 22 heavy (non-hydrogen) atoms. The lowest BCUT2D eigenvalue weighted by Gasteiger charge is -2.16. The summed E-state index contributed by atoms with van der Waals surface area (Å²) in [5, 5.41) is 3.55. The molecule has 0 saturated heterocycles. The van der Waals surface area contributed by atoms with Crippen molar-refractivity contribution in [1.82, 2.24) is 5.32 Å². The van der Waals surface area contributed by atoms with E-state index in [2.05, 4.69) is 64.6 Å². The van der Waals surface area contributed by atoms with E-state index in [1.54, 1.807) is 0 Å². The molecule has 0 bridgehead atoms. The van der Waals surface area contributed by atoms with Crippen LogP contribution in [0.15, 0.2) is 46.9 Å². The Labute approximate surface area is 139 Å². The number of hydrogen-bond acceptors (Lipinski definition) is 3. The minimum atomic E-state index is 0.302. The Hall–Kier alpha value is -1.52. The Morgan fingerprint density at radius 2 is 1.91 bits per heavy atom. The SMILES string of the molecule is CC(NCc1cc(Br)c2c(c1)OCCCO2)c1ccccc1. The van der Waals surface area contributed by atoms with Crippen molar-refractivity contribution < 1.29 is 9.47 Å². The van der Waals surface area contributed by atoms with Crippen LogP contribution in [-0.2, 0) is 6.54 Å². The van der Waals surface area contributed by atoms with Gasteiger partial charge in [-0.1, -0.05) is 30.3 Å². The molecule has 0 fully saturated rings.